The number of nitrogens with one attached hydrogen (secondary N) is 1. The summed E-state index contributed by atoms with van der Waals surface area (Å²) in [6.45, 7) is 3.44. The van der Waals surface area contributed by atoms with E-state index >= 15 is 0 Å². The Labute approximate surface area is 161 Å². The van der Waals surface area contributed by atoms with Crippen molar-refractivity contribution in [1.82, 2.24) is 4.98 Å². The minimum atomic E-state index is 0.00850. The van der Waals surface area contributed by atoms with Gasteiger partial charge in [-0.25, -0.2) is 4.98 Å². The van der Waals surface area contributed by atoms with Crippen molar-refractivity contribution in [2.75, 3.05) is 36.5 Å². The number of ether oxygens (including phenoxy) is 1. The number of aromatic nitrogens is 1. The molecule has 2 aromatic rings. The van der Waals surface area contributed by atoms with Crippen LogP contribution < -0.4 is 10.2 Å². The van der Waals surface area contributed by atoms with Crippen molar-refractivity contribution < 1.29 is 9.53 Å². The van der Waals surface area contributed by atoms with Gasteiger partial charge in [0.05, 0.1) is 18.5 Å². The first-order chi connectivity index (χ1) is 13.3. The molecule has 2 heterocycles. The van der Waals surface area contributed by atoms with E-state index in [2.05, 4.69) is 27.3 Å². The molecular formula is C22H29N3O2. The highest BCUT2D eigenvalue weighted by molar-refractivity contribution is 5.90. The lowest BCUT2D eigenvalue weighted by Gasteiger charge is -2.27. The Morgan fingerprint density at radius 3 is 2.59 bits per heavy atom. The molecule has 1 aliphatic rings. The first-order valence-electron chi connectivity index (χ1n) is 9.94. The van der Waals surface area contributed by atoms with Gasteiger partial charge < -0.3 is 15.0 Å². The number of amides is 1. The Balaban J connectivity index is 1.29. The summed E-state index contributed by atoms with van der Waals surface area (Å²) in [4.78, 5) is 18.8. The van der Waals surface area contributed by atoms with E-state index in [9.17, 15) is 4.79 Å². The van der Waals surface area contributed by atoms with Crippen LogP contribution in [0.15, 0.2) is 48.7 Å². The lowest BCUT2D eigenvalue weighted by Crippen LogP contribution is -2.30. The van der Waals surface area contributed by atoms with Gasteiger partial charge in [0.15, 0.2) is 0 Å². The molecule has 1 saturated heterocycles. The molecule has 1 aliphatic heterocycles. The highest BCUT2D eigenvalue weighted by Gasteiger charge is 2.12. The number of carbonyl (C=O) groups excluding carboxylic acids is 1. The van der Waals surface area contributed by atoms with Crippen LogP contribution in [-0.4, -0.2) is 37.2 Å². The van der Waals surface area contributed by atoms with Crippen molar-refractivity contribution in [2.24, 2.45) is 0 Å². The smallest absolute Gasteiger partial charge is 0.224 e. The first kappa shape index (κ1) is 19.4. The van der Waals surface area contributed by atoms with E-state index in [-0.39, 0.29) is 5.91 Å². The molecular weight excluding hydrogens is 338 g/mol. The Hall–Kier alpha value is -2.40. The van der Waals surface area contributed by atoms with Gasteiger partial charge in [0.1, 0.15) is 5.82 Å². The SMILES string of the molecule is O=C(CCCOCCc1ccccc1)Nc1ccc(N2CCCCC2)nc1. The Morgan fingerprint density at radius 1 is 1.04 bits per heavy atom. The summed E-state index contributed by atoms with van der Waals surface area (Å²) in [6.07, 6.45) is 7.60. The zero-order valence-corrected chi connectivity index (χ0v) is 15.9. The number of piperidine rings is 1. The van der Waals surface area contributed by atoms with Gasteiger partial charge in [-0.2, -0.15) is 0 Å². The van der Waals surface area contributed by atoms with Crippen LogP contribution in [-0.2, 0) is 16.0 Å². The molecule has 1 fully saturated rings. The van der Waals surface area contributed by atoms with E-state index in [4.69, 9.17) is 4.74 Å². The summed E-state index contributed by atoms with van der Waals surface area (Å²) < 4.78 is 5.62. The van der Waals surface area contributed by atoms with Crippen LogP contribution in [0.25, 0.3) is 0 Å². The third-order valence-corrected chi connectivity index (χ3v) is 4.78. The zero-order valence-electron chi connectivity index (χ0n) is 15.9. The quantitative estimate of drug-likeness (QED) is 0.680. The molecule has 0 aliphatic carbocycles. The van der Waals surface area contributed by atoms with Gasteiger partial charge in [0, 0.05) is 26.1 Å². The number of anilines is 2. The van der Waals surface area contributed by atoms with Gasteiger partial charge in [-0.05, 0) is 49.8 Å². The van der Waals surface area contributed by atoms with Gasteiger partial charge in [-0.15, -0.1) is 0 Å². The van der Waals surface area contributed by atoms with Crippen molar-refractivity contribution in [3.05, 3.63) is 54.2 Å². The Bertz CT molecular complexity index is 682. The Kier molecular flexibility index (Phi) is 7.66. The fraction of sp³-hybridized carbons (Fsp3) is 0.455. The van der Waals surface area contributed by atoms with Crippen molar-refractivity contribution in [2.45, 2.75) is 38.5 Å². The second-order valence-corrected chi connectivity index (χ2v) is 6.95. The molecule has 1 N–H and O–H groups in total. The summed E-state index contributed by atoms with van der Waals surface area (Å²) in [5.41, 5.74) is 2.03. The third kappa shape index (κ3) is 6.68. The molecule has 0 spiro atoms. The number of hydrogen-bond acceptors (Lipinski definition) is 4. The molecule has 0 bridgehead atoms. The lowest BCUT2D eigenvalue weighted by atomic mass is 10.1. The van der Waals surface area contributed by atoms with E-state index in [1.54, 1.807) is 6.20 Å². The van der Waals surface area contributed by atoms with Crippen LogP contribution in [0.5, 0.6) is 0 Å². The predicted molar refractivity (Wildman–Crippen MR) is 109 cm³/mol. The third-order valence-electron chi connectivity index (χ3n) is 4.78. The van der Waals surface area contributed by atoms with Crippen LogP contribution in [0.4, 0.5) is 11.5 Å². The second-order valence-electron chi connectivity index (χ2n) is 6.95. The van der Waals surface area contributed by atoms with Crippen LogP contribution in [0.1, 0.15) is 37.7 Å². The van der Waals surface area contributed by atoms with E-state index in [1.807, 2.05) is 30.3 Å². The molecule has 5 heteroatoms. The average molecular weight is 367 g/mol. The highest BCUT2D eigenvalue weighted by atomic mass is 16.5. The zero-order chi connectivity index (χ0) is 18.7. The lowest BCUT2D eigenvalue weighted by molar-refractivity contribution is -0.116. The largest absolute Gasteiger partial charge is 0.381 e. The molecule has 0 radical (unpaired) electrons. The van der Waals surface area contributed by atoms with Gasteiger partial charge >= 0.3 is 0 Å². The second kappa shape index (κ2) is 10.7. The molecule has 1 aromatic carbocycles. The summed E-state index contributed by atoms with van der Waals surface area (Å²) in [5, 5.41) is 2.91. The number of nitrogens with zero attached hydrogens (tertiary/aromatic N) is 2. The first-order valence-corrected chi connectivity index (χ1v) is 9.94. The summed E-state index contributed by atoms with van der Waals surface area (Å²) in [6, 6.07) is 14.2. The monoisotopic (exact) mass is 367 g/mol. The minimum Gasteiger partial charge on any atom is -0.381 e. The maximum absolute atomic E-state index is 12.0. The standard InChI is InChI=1S/C22H29N3O2/c26-22(10-7-16-27-17-13-19-8-3-1-4-9-19)24-20-11-12-21(23-18-20)25-14-5-2-6-15-25/h1,3-4,8-9,11-12,18H,2,5-7,10,13-17H2,(H,24,26). The minimum absolute atomic E-state index is 0.00850. The maximum Gasteiger partial charge on any atom is 0.224 e. The van der Waals surface area contributed by atoms with E-state index in [0.717, 1.165) is 37.4 Å². The van der Waals surface area contributed by atoms with E-state index in [1.165, 1.54) is 24.8 Å². The normalized spacial score (nSPS) is 14.1. The molecule has 1 aromatic heterocycles. The van der Waals surface area contributed by atoms with E-state index < -0.39 is 0 Å². The number of rotatable bonds is 9. The highest BCUT2D eigenvalue weighted by Crippen LogP contribution is 2.19. The molecule has 5 nitrogen and oxygen atoms in total. The number of benzene rings is 1. The van der Waals surface area contributed by atoms with Gasteiger partial charge in [0.25, 0.3) is 0 Å². The number of hydrogen-bond donors (Lipinski definition) is 1. The molecule has 0 unspecified atom stereocenters. The fourth-order valence-corrected chi connectivity index (χ4v) is 3.27. The molecule has 3 rings (SSSR count). The molecule has 0 atom stereocenters. The fourth-order valence-electron chi connectivity index (χ4n) is 3.27. The molecule has 1 amide bonds. The molecule has 0 saturated carbocycles. The molecule has 144 valence electrons. The number of carbonyl (C=O) groups is 1. The van der Waals surface area contributed by atoms with Gasteiger partial charge in [0.2, 0.25) is 5.91 Å². The average Bonchev–Trinajstić information content (AvgIpc) is 2.72. The topological polar surface area (TPSA) is 54.5 Å². The van der Waals surface area contributed by atoms with Gasteiger partial charge in [-0.3, -0.25) is 4.79 Å². The van der Waals surface area contributed by atoms with Crippen LogP contribution in [0.3, 0.4) is 0 Å². The summed E-state index contributed by atoms with van der Waals surface area (Å²) in [7, 11) is 0. The van der Waals surface area contributed by atoms with Gasteiger partial charge in [-0.1, -0.05) is 30.3 Å². The van der Waals surface area contributed by atoms with Crippen molar-refractivity contribution in [3.63, 3.8) is 0 Å². The predicted octanol–water partition coefficient (Wildman–Crippen LogP) is 4.05. The molecule has 27 heavy (non-hydrogen) atoms. The van der Waals surface area contributed by atoms with Crippen molar-refractivity contribution in [3.8, 4) is 0 Å². The van der Waals surface area contributed by atoms with E-state index in [0.29, 0.717) is 19.6 Å². The maximum atomic E-state index is 12.0. The summed E-state index contributed by atoms with van der Waals surface area (Å²) in [5.74, 6) is 1.01. The van der Waals surface area contributed by atoms with Crippen molar-refractivity contribution in [1.29, 1.82) is 0 Å². The van der Waals surface area contributed by atoms with Crippen LogP contribution in [0, 0.1) is 0 Å². The Morgan fingerprint density at radius 2 is 1.85 bits per heavy atom. The van der Waals surface area contributed by atoms with Crippen LogP contribution >= 0.6 is 0 Å². The number of pyridine rings is 1. The van der Waals surface area contributed by atoms with Crippen LogP contribution in [0.2, 0.25) is 0 Å². The van der Waals surface area contributed by atoms with Crippen molar-refractivity contribution >= 4 is 17.4 Å². The summed E-state index contributed by atoms with van der Waals surface area (Å²) >= 11 is 0.